The molecular weight excluding hydrogens is 618 g/mol. The van der Waals surface area contributed by atoms with Gasteiger partial charge in [0, 0.05) is 26.1 Å². The van der Waals surface area contributed by atoms with Crippen LogP contribution in [0.4, 0.5) is 9.59 Å². The number of carboxylic acid groups (broad SMARTS) is 1. The summed E-state index contributed by atoms with van der Waals surface area (Å²) in [6.45, 7) is 3.69. The van der Waals surface area contributed by atoms with Gasteiger partial charge in [-0.25, -0.2) is 13.2 Å². The van der Waals surface area contributed by atoms with Crippen LogP contribution in [0.1, 0.15) is 32.3 Å². The normalized spacial score (nSPS) is 21.0. The number of nitrogens with one attached hydrogen (secondary N) is 1. The number of hydrogen-bond donors (Lipinski definition) is 2. The number of fused-ring (bicyclic) bond motifs is 1. The average molecular weight is 663 g/mol. The van der Waals surface area contributed by atoms with E-state index in [1.165, 1.54) is 38.4 Å². The lowest BCUT2D eigenvalue weighted by atomic mass is 9.89. The van der Waals surface area contributed by atoms with E-state index in [-0.39, 0.29) is 37.0 Å². The van der Waals surface area contributed by atoms with E-state index in [1.54, 1.807) is 0 Å². The molecule has 46 heavy (non-hydrogen) atoms. The van der Waals surface area contributed by atoms with Gasteiger partial charge in [0.2, 0.25) is 10.0 Å². The van der Waals surface area contributed by atoms with E-state index in [2.05, 4.69) is 5.32 Å². The molecule has 254 valence electrons. The average Bonchev–Trinajstić information content (AvgIpc) is 3.65. The molecule has 0 aromatic heterocycles. The Morgan fingerprint density at radius 3 is 2.46 bits per heavy atom. The second-order valence-electron chi connectivity index (χ2n) is 12.4. The Kier molecular flexibility index (Phi) is 11.9. The Balaban J connectivity index is 1.68. The van der Waals surface area contributed by atoms with Crippen LogP contribution in [0.5, 0.6) is 5.75 Å². The summed E-state index contributed by atoms with van der Waals surface area (Å²) in [4.78, 5) is 25.5. The van der Waals surface area contributed by atoms with Crippen LogP contribution in [0, 0.1) is 11.3 Å². The first-order valence-corrected chi connectivity index (χ1v) is 16.7. The highest BCUT2D eigenvalue weighted by Gasteiger charge is 2.47. The van der Waals surface area contributed by atoms with Crippen molar-refractivity contribution in [2.45, 2.75) is 62.5 Å². The molecule has 14 heteroatoms. The van der Waals surface area contributed by atoms with E-state index in [1.807, 2.05) is 44.2 Å². The number of alkyl carbamates (subject to hydrolysis) is 1. The van der Waals surface area contributed by atoms with E-state index < -0.39 is 58.6 Å². The molecule has 2 aromatic rings. The Labute approximate surface area is 270 Å². The molecule has 0 aliphatic carbocycles. The zero-order valence-electron chi connectivity index (χ0n) is 26.7. The summed E-state index contributed by atoms with van der Waals surface area (Å²) < 4.78 is 51.2. The third kappa shape index (κ3) is 8.68. The largest absolute Gasteiger partial charge is 0.530 e. The van der Waals surface area contributed by atoms with Crippen molar-refractivity contribution in [2.24, 2.45) is 11.3 Å². The molecule has 0 saturated carbocycles. The number of carbonyl (C=O) groups excluding carboxylic acids is 2. The molecular formula is C32H44N3O10S-. The summed E-state index contributed by atoms with van der Waals surface area (Å²) in [7, 11) is -1.30. The van der Waals surface area contributed by atoms with Crippen molar-refractivity contribution < 1.29 is 47.2 Å². The van der Waals surface area contributed by atoms with Gasteiger partial charge in [0.05, 0.1) is 50.0 Å². The summed E-state index contributed by atoms with van der Waals surface area (Å²) in [5, 5.41) is 27.1. The van der Waals surface area contributed by atoms with E-state index in [0.29, 0.717) is 25.2 Å². The molecule has 2 aliphatic rings. The van der Waals surface area contributed by atoms with Gasteiger partial charge in [-0.2, -0.15) is 4.31 Å². The highest BCUT2D eigenvalue weighted by atomic mass is 32.2. The van der Waals surface area contributed by atoms with Crippen LogP contribution in [-0.2, 0) is 30.7 Å². The summed E-state index contributed by atoms with van der Waals surface area (Å²) >= 11 is 0. The van der Waals surface area contributed by atoms with Gasteiger partial charge in [0.15, 0.2) is 6.29 Å². The van der Waals surface area contributed by atoms with E-state index in [4.69, 9.17) is 18.9 Å². The number of carbonyl (C=O) groups is 2. The zero-order valence-corrected chi connectivity index (χ0v) is 27.5. The summed E-state index contributed by atoms with van der Waals surface area (Å²) in [5.74, 6) is 0.222. The molecule has 2 aliphatic heterocycles. The van der Waals surface area contributed by atoms with Crippen molar-refractivity contribution in [3.63, 3.8) is 0 Å². The lowest BCUT2D eigenvalue weighted by Crippen LogP contribution is -2.61. The lowest BCUT2D eigenvalue weighted by molar-refractivity contribution is -0.273. The van der Waals surface area contributed by atoms with Gasteiger partial charge in [0.1, 0.15) is 11.8 Å². The van der Waals surface area contributed by atoms with Gasteiger partial charge in [0.25, 0.3) is 0 Å². The van der Waals surface area contributed by atoms with Gasteiger partial charge < -0.3 is 44.2 Å². The van der Waals surface area contributed by atoms with Gasteiger partial charge >= 0.3 is 6.09 Å². The zero-order chi connectivity index (χ0) is 33.5. The number of aliphatic hydroxyl groups is 1. The van der Waals surface area contributed by atoms with E-state index in [9.17, 15) is 28.2 Å². The molecule has 0 radical (unpaired) electrons. The second kappa shape index (κ2) is 15.4. The molecule has 0 spiro atoms. The first-order chi connectivity index (χ1) is 21.9. The highest BCUT2D eigenvalue weighted by molar-refractivity contribution is 7.89. The molecule has 4 rings (SSSR count). The van der Waals surface area contributed by atoms with Crippen molar-refractivity contribution in [3.05, 3.63) is 60.2 Å². The summed E-state index contributed by atoms with van der Waals surface area (Å²) in [6.07, 6.45) is -3.12. The quantitative estimate of drug-likeness (QED) is 0.287. The van der Waals surface area contributed by atoms with E-state index >= 15 is 0 Å². The third-order valence-electron chi connectivity index (χ3n) is 8.57. The molecule has 2 heterocycles. The van der Waals surface area contributed by atoms with Crippen LogP contribution < -0.4 is 15.2 Å². The fourth-order valence-electron chi connectivity index (χ4n) is 6.04. The molecule has 13 nitrogen and oxygen atoms in total. The first-order valence-electron chi connectivity index (χ1n) is 15.3. The predicted molar refractivity (Wildman–Crippen MR) is 165 cm³/mol. The van der Waals surface area contributed by atoms with Crippen molar-refractivity contribution in [1.29, 1.82) is 0 Å². The maximum absolute atomic E-state index is 14.2. The standard InChI is InChI=1S/C32H45N3O10S/c1-32(2,15-17-44-30(37)33-3)21-34(46(40,41)24-12-10-23(42-4)11-13-24)19-28(36)26(18-22-8-6-5-7-9-22)35(31(38)39)27-20-45-29-25(27)14-16-43-29/h5-13,25-29,36H,14-21H2,1-4H3,(H,33,37)(H,38,39)/p-1/t25-,26-,27-,28+,29+/m0/s1. The van der Waals surface area contributed by atoms with Gasteiger partial charge in [-0.05, 0) is 54.5 Å². The molecule has 2 fully saturated rings. The minimum atomic E-state index is -4.21. The maximum Gasteiger partial charge on any atom is 0.406 e. The number of ether oxygens (including phenoxy) is 4. The topological polar surface area (TPSA) is 167 Å². The number of methoxy groups -OCH3 is 1. The van der Waals surface area contributed by atoms with Crippen LogP contribution in [0.15, 0.2) is 59.5 Å². The molecule has 2 amide bonds. The molecule has 5 atom stereocenters. The van der Waals surface area contributed by atoms with Crippen molar-refractivity contribution in [3.8, 4) is 5.75 Å². The van der Waals surface area contributed by atoms with Crippen LogP contribution in [0.25, 0.3) is 0 Å². The number of hydrogen-bond acceptors (Lipinski definition) is 10. The lowest BCUT2D eigenvalue weighted by Gasteiger charge is -2.43. The molecule has 2 N–H and O–H groups in total. The van der Waals surface area contributed by atoms with Gasteiger partial charge in [-0.1, -0.05) is 44.2 Å². The molecule has 0 bridgehead atoms. The van der Waals surface area contributed by atoms with Gasteiger partial charge in [-0.15, -0.1) is 0 Å². The highest BCUT2D eigenvalue weighted by Crippen LogP contribution is 2.36. The Morgan fingerprint density at radius 1 is 1.13 bits per heavy atom. The number of sulfonamides is 1. The molecule has 0 unspecified atom stereocenters. The van der Waals surface area contributed by atoms with Crippen molar-refractivity contribution in [2.75, 3.05) is 47.1 Å². The number of nitrogens with zero attached hydrogens (tertiary/aromatic N) is 2. The van der Waals surface area contributed by atoms with Crippen LogP contribution >= 0.6 is 0 Å². The maximum atomic E-state index is 14.2. The summed E-state index contributed by atoms with van der Waals surface area (Å²) in [6, 6.07) is 13.3. The summed E-state index contributed by atoms with van der Waals surface area (Å²) in [5.41, 5.74) is 0.0383. The molecule has 2 saturated heterocycles. The smallest absolute Gasteiger partial charge is 0.406 e. The monoisotopic (exact) mass is 662 g/mol. The second-order valence-corrected chi connectivity index (χ2v) is 14.3. The fraction of sp³-hybridized carbons (Fsp3) is 0.562. The first kappa shape index (κ1) is 35.4. The number of amides is 2. The minimum Gasteiger partial charge on any atom is -0.530 e. The van der Waals surface area contributed by atoms with Crippen LogP contribution in [0.3, 0.4) is 0 Å². The third-order valence-corrected chi connectivity index (χ3v) is 10.4. The van der Waals surface area contributed by atoms with Crippen LogP contribution in [-0.4, -0.2) is 106 Å². The predicted octanol–water partition coefficient (Wildman–Crippen LogP) is 1.84. The molecule has 2 aromatic carbocycles. The Bertz CT molecular complexity index is 1410. The van der Waals surface area contributed by atoms with Gasteiger partial charge in [-0.3, -0.25) is 0 Å². The number of benzene rings is 2. The number of rotatable bonds is 15. The fourth-order valence-corrected chi connectivity index (χ4v) is 7.69. The number of aliphatic hydroxyl groups excluding tert-OH is 1. The van der Waals surface area contributed by atoms with Crippen molar-refractivity contribution in [1.82, 2.24) is 14.5 Å². The SMILES string of the molecule is CNC(=O)OCCC(C)(C)CN(C[C@@H](O)[C@H](Cc1ccccc1)N(C(=O)[O-])[C@H]1CO[C@H]2OCC[C@H]21)S(=O)(=O)c1ccc(OC)cc1. The van der Waals surface area contributed by atoms with Crippen LogP contribution in [0.2, 0.25) is 0 Å². The van der Waals surface area contributed by atoms with E-state index in [0.717, 1.165) is 14.8 Å². The Hall–Kier alpha value is -3.43. The minimum absolute atomic E-state index is 0.0237. The Morgan fingerprint density at radius 2 is 1.83 bits per heavy atom. The van der Waals surface area contributed by atoms with Crippen molar-refractivity contribution >= 4 is 22.2 Å².